The first-order valence-electron chi connectivity index (χ1n) is 12.7. The molecule has 0 spiro atoms. The zero-order chi connectivity index (χ0) is 22.0. The summed E-state index contributed by atoms with van der Waals surface area (Å²) in [6, 6.07) is 2.11. The fourth-order valence-corrected chi connectivity index (χ4v) is 9.25. The van der Waals surface area contributed by atoms with Gasteiger partial charge >= 0.3 is 0 Å². The van der Waals surface area contributed by atoms with E-state index in [4.69, 9.17) is 5.26 Å². The number of Topliss-reactive ketones (excluding diaryl/α,β-unsaturated/α-hetero) is 1. The Morgan fingerprint density at radius 2 is 1.94 bits per heavy atom. The summed E-state index contributed by atoms with van der Waals surface area (Å²) in [5.74, 6) is 3.71. The van der Waals surface area contributed by atoms with Crippen molar-refractivity contribution in [3.63, 3.8) is 0 Å². The predicted molar refractivity (Wildman–Crippen MR) is 121 cm³/mol. The van der Waals surface area contributed by atoms with Crippen molar-refractivity contribution < 1.29 is 4.79 Å². The summed E-state index contributed by atoms with van der Waals surface area (Å²) < 4.78 is 1.67. The third kappa shape index (κ3) is 3.05. The minimum atomic E-state index is 0.148. The fourth-order valence-electron chi connectivity index (χ4n) is 9.25. The van der Waals surface area contributed by atoms with Crippen molar-refractivity contribution in [1.82, 2.24) is 9.78 Å². The minimum absolute atomic E-state index is 0.148. The predicted octanol–water partition coefficient (Wildman–Crippen LogP) is 6.01. The van der Waals surface area contributed by atoms with Crippen LogP contribution in [0.4, 0.5) is 0 Å². The van der Waals surface area contributed by atoms with E-state index in [-0.39, 0.29) is 11.3 Å². The number of hydrogen-bond acceptors (Lipinski definition) is 3. The van der Waals surface area contributed by atoms with E-state index in [9.17, 15) is 4.79 Å². The van der Waals surface area contributed by atoms with Gasteiger partial charge in [-0.3, -0.25) is 9.48 Å². The van der Waals surface area contributed by atoms with Crippen LogP contribution in [-0.2, 0) is 11.3 Å². The number of nitriles is 1. The number of fused-ring (bicyclic) bond motifs is 5. The van der Waals surface area contributed by atoms with Crippen molar-refractivity contribution in [2.24, 2.45) is 45.8 Å². The summed E-state index contributed by atoms with van der Waals surface area (Å²) in [6.07, 6.45) is 15.0. The average Bonchev–Trinajstić information content (AvgIpc) is 3.32. The Morgan fingerprint density at radius 3 is 2.68 bits per heavy atom. The number of carbonyl (C=O) groups is 1. The van der Waals surface area contributed by atoms with Gasteiger partial charge in [-0.05, 0) is 91.3 Å². The highest BCUT2D eigenvalue weighted by molar-refractivity contribution is 5.82. The Balaban J connectivity index is 1.36. The molecule has 4 aliphatic rings. The lowest BCUT2D eigenvalue weighted by atomic mass is 9.40. The molecule has 4 saturated carbocycles. The second-order valence-corrected chi connectivity index (χ2v) is 12.4. The Morgan fingerprint density at radius 1 is 1.13 bits per heavy atom. The van der Waals surface area contributed by atoms with Crippen molar-refractivity contribution in [3.8, 4) is 6.07 Å². The van der Waals surface area contributed by atoms with Crippen LogP contribution < -0.4 is 0 Å². The van der Waals surface area contributed by atoms with E-state index in [1.165, 1.54) is 51.4 Å². The van der Waals surface area contributed by atoms with Gasteiger partial charge in [0.15, 0.2) is 5.78 Å². The second kappa shape index (κ2) is 7.19. The third-order valence-electron chi connectivity index (χ3n) is 11.1. The number of hydrogen-bond donors (Lipinski definition) is 0. The average molecular weight is 422 g/mol. The normalized spacial score (nSPS) is 46.5. The van der Waals surface area contributed by atoms with E-state index in [0.717, 1.165) is 24.2 Å². The quantitative estimate of drug-likeness (QED) is 0.600. The molecule has 8 atom stereocenters. The van der Waals surface area contributed by atoms with Crippen molar-refractivity contribution in [1.29, 1.82) is 5.26 Å². The Bertz CT molecular complexity index is 914. The first kappa shape index (κ1) is 21.2. The van der Waals surface area contributed by atoms with Crippen LogP contribution in [0.2, 0.25) is 0 Å². The molecule has 168 valence electrons. The summed E-state index contributed by atoms with van der Waals surface area (Å²) in [6.45, 7) is 10.5. The second-order valence-electron chi connectivity index (χ2n) is 12.4. The molecular weight excluding hydrogens is 382 g/mol. The first-order chi connectivity index (χ1) is 14.7. The number of rotatable bonds is 3. The van der Waals surface area contributed by atoms with Crippen LogP contribution in [0.5, 0.6) is 0 Å². The summed E-state index contributed by atoms with van der Waals surface area (Å²) in [4.78, 5) is 13.4. The van der Waals surface area contributed by atoms with Gasteiger partial charge in [0, 0.05) is 12.1 Å². The zero-order valence-electron chi connectivity index (χ0n) is 19.9. The molecule has 1 heterocycles. The van der Waals surface area contributed by atoms with Gasteiger partial charge in [-0.1, -0.05) is 34.1 Å². The van der Waals surface area contributed by atoms with Gasteiger partial charge in [0.1, 0.15) is 6.07 Å². The zero-order valence-corrected chi connectivity index (χ0v) is 19.9. The number of ketones is 1. The molecule has 4 heteroatoms. The number of aromatic nitrogens is 2. The summed E-state index contributed by atoms with van der Waals surface area (Å²) in [7, 11) is 0. The molecule has 0 bridgehead atoms. The third-order valence-corrected chi connectivity index (χ3v) is 11.1. The van der Waals surface area contributed by atoms with Gasteiger partial charge in [0.2, 0.25) is 0 Å². The van der Waals surface area contributed by atoms with E-state index in [2.05, 4.69) is 38.9 Å². The van der Waals surface area contributed by atoms with Crippen LogP contribution in [-0.4, -0.2) is 15.6 Å². The molecule has 1 aromatic heterocycles. The largest absolute Gasteiger partial charge is 0.297 e. The molecule has 0 saturated heterocycles. The van der Waals surface area contributed by atoms with Crippen molar-refractivity contribution in [3.05, 3.63) is 18.0 Å². The van der Waals surface area contributed by atoms with E-state index in [1.54, 1.807) is 17.1 Å². The first-order valence-corrected chi connectivity index (χ1v) is 12.7. The Hall–Kier alpha value is -1.63. The lowest BCUT2D eigenvalue weighted by Gasteiger charge is -2.65. The van der Waals surface area contributed by atoms with Gasteiger partial charge in [-0.15, -0.1) is 0 Å². The standard InChI is InChI=1S/C27H39N3O/c1-18-7-12-27(4)22-9-11-26(3)21(20(22)8-10-25(27,2)13-18)5-6-23(26)24(31)17-30-16-19(14-28)15-29-30/h15-16,18,20-23H,5-13,17H2,1-4H3. The van der Waals surface area contributed by atoms with Gasteiger partial charge in [0.05, 0.1) is 18.3 Å². The van der Waals surface area contributed by atoms with Gasteiger partial charge in [0.25, 0.3) is 0 Å². The van der Waals surface area contributed by atoms with Crippen LogP contribution in [0.15, 0.2) is 12.4 Å². The minimum Gasteiger partial charge on any atom is -0.297 e. The maximum Gasteiger partial charge on any atom is 0.157 e. The topological polar surface area (TPSA) is 58.7 Å². The smallest absolute Gasteiger partial charge is 0.157 e. The monoisotopic (exact) mass is 421 g/mol. The summed E-state index contributed by atoms with van der Waals surface area (Å²) in [5, 5.41) is 13.3. The van der Waals surface area contributed by atoms with Crippen molar-refractivity contribution in [2.75, 3.05) is 0 Å². The molecule has 0 aliphatic heterocycles. The van der Waals surface area contributed by atoms with Crippen LogP contribution in [0, 0.1) is 57.2 Å². The highest BCUT2D eigenvalue weighted by atomic mass is 16.1. The van der Waals surface area contributed by atoms with E-state index < -0.39 is 0 Å². The molecule has 1 aromatic rings. The summed E-state index contributed by atoms with van der Waals surface area (Å²) in [5.41, 5.74) is 1.67. The van der Waals surface area contributed by atoms with Crippen LogP contribution in [0.3, 0.4) is 0 Å². The molecule has 4 nitrogen and oxygen atoms in total. The molecule has 31 heavy (non-hydrogen) atoms. The molecule has 5 rings (SSSR count). The number of carbonyl (C=O) groups excluding carboxylic acids is 1. The van der Waals surface area contributed by atoms with Gasteiger partial charge < -0.3 is 0 Å². The van der Waals surface area contributed by atoms with Crippen molar-refractivity contribution >= 4 is 5.78 Å². The molecule has 8 unspecified atom stereocenters. The number of nitrogens with zero attached hydrogens (tertiary/aromatic N) is 3. The molecule has 0 radical (unpaired) electrons. The lowest BCUT2D eigenvalue weighted by Crippen LogP contribution is -2.57. The van der Waals surface area contributed by atoms with Gasteiger partial charge in [-0.2, -0.15) is 10.4 Å². The van der Waals surface area contributed by atoms with Crippen LogP contribution in [0.25, 0.3) is 0 Å². The van der Waals surface area contributed by atoms with Gasteiger partial charge in [-0.25, -0.2) is 0 Å². The lowest BCUT2D eigenvalue weighted by molar-refractivity contribution is -0.162. The highest BCUT2D eigenvalue weighted by Gasteiger charge is 2.63. The van der Waals surface area contributed by atoms with E-state index in [1.807, 2.05) is 0 Å². The molecular formula is C27H39N3O. The summed E-state index contributed by atoms with van der Waals surface area (Å²) >= 11 is 0. The van der Waals surface area contributed by atoms with Crippen LogP contribution >= 0.6 is 0 Å². The van der Waals surface area contributed by atoms with E-state index >= 15 is 0 Å². The SMILES string of the molecule is CC1CCC2(C)C3CCC4(C)C(C(=O)Cn5cc(C#N)cn5)CCC4C3CCC2(C)C1. The molecule has 0 amide bonds. The highest BCUT2D eigenvalue weighted by Crippen LogP contribution is 2.71. The van der Waals surface area contributed by atoms with Crippen molar-refractivity contribution in [2.45, 2.75) is 92.0 Å². The molecule has 0 N–H and O–H groups in total. The molecule has 0 aromatic carbocycles. The van der Waals surface area contributed by atoms with E-state index in [0.29, 0.717) is 34.6 Å². The maximum atomic E-state index is 13.4. The molecule has 4 aliphatic carbocycles. The Labute approximate surface area is 187 Å². The van der Waals surface area contributed by atoms with Crippen LogP contribution in [0.1, 0.15) is 91.0 Å². The maximum absolute atomic E-state index is 13.4. The fraction of sp³-hybridized carbons (Fsp3) is 0.815. The Kier molecular flexibility index (Phi) is 4.92. The molecule has 4 fully saturated rings.